The van der Waals surface area contributed by atoms with Crippen LogP contribution in [0.2, 0.25) is 5.02 Å². The van der Waals surface area contributed by atoms with Crippen LogP contribution in [-0.4, -0.2) is 76.2 Å². The monoisotopic (exact) mass is 724 g/mol. The number of carbonyl (C=O) groups excluding carboxylic acids is 4. The summed E-state index contributed by atoms with van der Waals surface area (Å²) >= 11 is 10.4. The fourth-order valence-corrected chi connectivity index (χ4v) is 5.67. The fraction of sp³-hybridized carbons (Fsp3) is 0.333. The number of hydrogen-bond acceptors (Lipinski definition) is 7. The molecule has 0 unspecified atom stereocenters. The van der Waals surface area contributed by atoms with Gasteiger partial charge in [0.2, 0.25) is 17.7 Å². The van der Waals surface area contributed by atoms with Gasteiger partial charge < -0.3 is 31.5 Å². The average molecular weight is 725 g/mol. The van der Waals surface area contributed by atoms with Gasteiger partial charge in [-0.25, -0.2) is 4.79 Å². The summed E-state index contributed by atoms with van der Waals surface area (Å²) in [4.78, 5) is 77.0. The summed E-state index contributed by atoms with van der Waals surface area (Å²) in [5.74, 6) is -5.22. The van der Waals surface area contributed by atoms with E-state index in [9.17, 15) is 39.0 Å². The molecule has 3 atom stereocenters. The lowest BCUT2D eigenvalue weighted by molar-refractivity contribution is -0.137. The quantitative estimate of drug-likeness (QED) is 0.0959. The van der Waals surface area contributed by atoms with E-state index >= 15 is 0 Å². The van der Waals surface area contributed by atoms with Crippen LogP contribution in [0.1, 0.15) is 59.4 Å². The molecule has 14 heteroatoms. The molecule has 0 aliphatic heterocycles. The first-order valence-corrected chi connectivity index (χ1v) is 17.0. The van der Waals surface area contributed by atoms with Crippen molar-refractivity contribution in [2.75, 3.05) is 12.3 Å². The van der Waals surface area contributed by atoms with E-state index in [0.29, 0.717) is 17.0 Å². The smallest absolute Gasteiger partial charge is 0.336 e. The molecule has 0 saturated carbocycles. The number of halogens is 1. The van der Waals surface area contributed by atoms with Gasteiger partial charge in [0.05, 0.1) is 5.56 Å². The Hall–Kier alpha value is -4.88. The minimum atomic E-state index is -1.38. The Morgan fingerprint density at radius 3 is 1.88 bits per heavy atom. The van der Waals surface area contributed by atoms with E-state index in [1.807, 2.05) is 26.0 Å². The van der Waals surface area contributed by atoms with E-state index < -0.39 is 60.1 Å². The van der Waals surface area contributed by atoms with E-state index in [1.165, 1.54) is 12.1 Å². The molecule has 0 aromatic heterocycles. The number of carboxylic acid groups (broad SMARTS) is 2. The fourth-order valence-electron chi connectivity index (χ4n) is 5.18. The van der Waals surface area contributed by atoms with Gasteiger partial charge in [-0.1, -0.05) is 80.0 Å². The van der Waals surface area contributed by atoms with Crippen LogP contribution >= 0.6 is 24.2 Å². The number of nitrogens with one attached hydrogen (secondary N) is 4. The van der Waals surface area contributed by atoms with Gasteiger partial charge in [-0.3, -0.25) is 24.0 Å². The maximum atomic E-state index is 13.6. The minimum Gasteiger partial charge on any atom is -0.481 e. The molecule has 6 N–H and O–H groups in total. The molecule has 266 valence electrons. The zero-order chi connectivity index (χ0) is 36.8. The molecule has 0 spiro atoms. The highest BCUT2D eigenvalue weighted by atomic mass is 35.5. The first kappa shape index (κ1) is 39.6. The van der Waals surface area contributed by atoms with E-state index in [0.717, 1.165) is 5.56 Å². The molecule has 0 aliphatic rings. The molecule has 0 aliphatic carbocycles. The van der Waals surface area contributed by atoms with Gasteiger partial charge in [0.15, 0.2) is 0 Å². The highest BCUT2D eigenvalue weighted by molar-refractivity contribution is 7.80. The Balaban J connectivity index is 1.77. The molecule has 3 aromatic carbocycles. The highest BCUT2D eigenvalue weighted by Crippen LogP contribution is 2.27. The second-order valence-electron chi connectivity index (χ2n) is 11.9. The molecular weight excluding hydrogens is 684 g/mol. The predicted octanol–water partition coefficient (Wildman–Crippen LogP) is 3.97. The SMILES string of the molecule is CC(C)C[C@H](NC(=O)[C@H](CCC(=O)O)NC(=O)c1ccccc1-c1ccccc1C(=O)O)C(=O)N[C@@H](CS)C(=O)NCCc1ccccc1Cl. The first-order chi connectivity index (χ1) is 23.8. The van der Waals surface area contributed by atoms with Gasteiger partial charge in [0.1, 0.15) is 18.1 Å². The van der Waals surface area contributed by atoms with Crippen molar-refractivity contribution in [1.82, 2.24) is 21.3 Å². The minimum absolute atomic E-state index is 0.0340. The Morgan fingerprint density at radius 1 is 0.720 bits per heavy atom. The Morgan fingerprint density at radius 2 is 1.28 bits per heavy atom. The summed E-state index contributed by atoms with van der Waals surface area (Å²) in [5.41, 5.74) is 1.43. The molecule has 3 aromatic rings. The van der Waals surface area contributed by atoms with Crippen LogP contribution in [0.4, 0.5) is 0 Å². The molecule has 0 heterocycles. The van der Waals surface area contributed by atoms with Gasteiger partial charge in [-0.05, 0) is 60.1 Å². The topological polar surface area (TPSA) is 191 Å². The van der Waals surface area contributed by atoms with E-state index in [1.54, 1.807) is 48.5 Å². The number of carbonyl (C=O) groups is 6. The summed E-state index contributed by atoms with van der Waals surface area (Å²) in [6.07, 6.45) is -0.146. The number of aliphatic carboxylic acids is 1. The summed E-state index contributed by atoms with van der Waals surface area (Å²) in [7, 11) is 0. The molecular formula is C36H41ClN4O8S. The third-order valence-corrected chi connectivity index (χ3v) is 8.43. The lowest BCUT2D eigenvalue weighted by Crippen LogP contribution is -2.57. The zero-order valence-corrected chi connectivity index (χ0v) is 29.3. The third-order valence-electron chi connectivity index (χ3n) is 7.70. The van der Waals surface area contributed by atoms with Crippen molar-refractivity contribution in [3.63, 3.8) is 0 Å². The highest BCUT2D eigenvalue weighted by Gasteiger charge is 2.31. The van der Waals surface area contributed by atoms with Crippen molar-refractivity contribution in [2.45, 2.75) is 57.7 Å². The van der Waals surface area contributed by atoms with Crippen molar-refractivity contribution in [3.05, 3.63) is 94.5 Å². The Labute approximate surface area is 300 Å². The largest absolute Gasteiger partial charge is 0.481 e. The number of benzene rings is 3. The van der Waals surface area contributed by atoms with Crippen LogP contribution < -0.4 is 21.3 Å². The number of carboxylic acids is 2. The number of hydrogen-bond donors (Lipinski definition) is 7. The molecule has 0 fully saturated rings. The number of amides is 4. The summed E-state index contributed by atoms with van der Waals surface area (Å²) in [5, 5.41) is 30.2. The maximum absolute atomic E-state index is 13.6. The molecule has 3 rings (SSSR count). The number of thiol groups is 1. The third kappa shape index (κ3) is 11.6. The van der Waals surface area contributed by atoms with Crippen molar-refractivity contribution in [1.29, 1.82) is 0 Å². The van der Waals surface area contributed by atoms with Gasteiger partial charge in [-0.2, -0.15) is 12.6 Å². The Kier molecular flexibility index (Phi) is 15.3. The van der Waals surface area contributed by atoms with Crippen LogP contribution in [0, 0.1) is 5.92 Å². The van der Waals surface area contributed by atoms with Gasteiger partial charge >= 0.3 is 11.9 Å². The van der Waals surface area contributed by atoms with Crippen LogP contribution in [0.3, 0.4) is 0 Å². The van der Waals surface area contributed by atoms with E-state index in [-0.39, 0.29) is 47.7 Å². The van der Waals surface area contributed by atoms with Gasteiger partial charge in [0, 0.05) is 29.3 Å². The first-order valence-electron chi connectivity index (χ1n) is 16.0. The van der Waals surface area contributed by atoms with Gasteiger partial charge in [0.25, 0.3) is 5.91 Å². The van der Waals surface area contributed by atoms with Crippen LogP contribution in [0.15, 0.2) is 72.8 Å². The zero-order valence-electron chi connectivity index (χ0n) is 27.6. The standard InChI is InChI=1S/C36H41ClN4O8S/c1-21(2)19-29(35(47)41-30(20-50)33(45)38-18-17-22-9-3-8-14-27(22)37)40-34(46)28(15-16-31(42)43)39-32(44)25-12-6-4-10-23(25)24-11-5-7-13-26(24)36(48)49/h3-14,21,28-30,50H,15-20H2,1-2H3,(H,38,45)(H,39,44)(H,40,46)(H,41,47)(H,42,43)(H,48,49)/t28-,29-,30-/m0/s1. The molecule has 4 amide bonds. The average Bonchev–Trinajstić information content (AvgIpc) is 3.08. The lowest BCUT2D eigenvalue weighted by Gasteiger charge is -2.26. The second-order valence-corrected chi connectivity index (χ2v) is 12.7. The Bertz CT molecular complexity index is 1700. The van der Waals surface area contributed by atoms with Crippen LogP contribution in [0.25, 0.3) is 11.1 Å². The van der Waals surface area contributed by atoms with Crippen molar-refractivity contribution in [3.8, 4) is 11.1 Å². The normalized spacial score (nSPS) is 12.7. The second kappa shape index (κ2) is 19.3. The molecule has 0 radical (unpaired) electrons. The summed E-state index contributed by atoms with van der Waals surface area (Å²) in [6, 6.07) is 16.0. The van der Waals surface area contributed by atoms with Crippen molar-refractivity contribution >= 4 is 59.8 Å². The van der Waals surface area contributed by atoms with Gasteiger partial charge in [-0.15, -0.1) is 0 Å². The summed E-state index contributed by atoms with van der Waals surface area (Å²) < 4.78 is 0. The predicted molar refractivity (Wildman–Crippen MR) is 192 cm³/mol. The maximum Gasteiger partial charge on any atom is 0.336 e. The molecule has 50 heavy (non-hydrogen) atoms. The van der Waals surface area contributed by atoms with Crippen LogP contribution in [-0.2, 0) is 25.6 Å². The summed E-state index contributed by atoms with van der Waals surface area (Å²) in [6.45, 7) is 3.92. The van der Waals surface area contributed by atoms with Crippen molar-refractivity contribution < 1.29 is 39.0 Å². The number of rotatable bonds is 18. The van der Waals surface area contributed by atoms with Crippen molar-refractivity contribution in [2.24, 2.45) is 5.92 Å². The van der Waals surface area contributed by atoms with Crippen LogP contribution in [0.5, 0.6) is 0 Å². The van der Waals surface area contributed by atoms with E-state index in [4.69, 9.17) is 11.6 Å². The number of aromatic carboxylic acids is 1. The lowest BCUT2D eigenvalue weighted by atomic mass is 9.94. The molecule has 0 saturated heterocycles. The van der Waals surface area contributed by atoms with E-state index in [2.05, 4.69) is 33.9 Å². The molecule has 12 nitrogen and oxygen atoms in total. The molecule has 0 bridgehead atoms.